The summed E-state index contributed by atoms with van der Waals surface area (Å²) in [7, 11) is 3.73. The zero-order chi connectivity index (χ0) is 13.8. The Morgan fingerprint density at radius 1 is 1.11 bits per heavy atom. The van der Waals surface area contributed by atoms with Crippen molar-refractivity contribution in [2.24, 2.45) is 0 Å². The first-order chi connectivity index (χ1) is 9.15. The van der Waals surface area contributed by atoms with Gasteiger partial charge in [0.1, 0.15) is 5.75 Å². The van der Waals surface area contributed by atoms with Gasteiger partial charge in [0.15, 0.2) is 0 Å². The molecule has 0 spiro atoms. The topological polar surface area (TPSA) is 38.5 Å². The third kappa shape index (κ3) is 2.81. The first-order valence-corrected chi connectivity index (χ1v) is 6.42. The third-order valence-electron chi connectivity index (χ3n) is 3.29. The Bertz CT molecular complexity index is 549. The molecule has 0 saturated carbocycles. The molecule has 100 valence electrons. The van der Waals surface area contributed by atoms with Crippen LogP contribution in [0.4, 0.5) is 17.1 Å². The quantitative estimate of drug-likeness (QED) is 0.849. The number of benzene rings is 2. The Hall–Kier alpha value is -2.16. The van der Waals surface area contributed by atoms with Gasteiger partial charge >= 0.3 is 0 Å². The molecule has 2 rings (SSSR count). The SMILES string of the molecule is CCc1ccc(OC)c(N(C)c2ccc(N)cc2)c1. The predicted octanol–water partition coefficient (Wildman–Crippen LogP) is 3.61. The van der Waals surface area contributed by atoms with Crippen LogP contribution < -0.4 is 15.4 Å². The van der Waals surface area contributed by atoms with Crippen LogP contribution in [-0.4, -0.2) is 14.2 Å². The molecule has 0 bridgehead atoms. The summed E-state index contributed by atoms with van der Waals surface area (Å²) in [5.74, 6) is 0.872. The normalized spacial score (nSPS) is 10.3. The van der Waals surface area contributed by atoms with Crippen LogP contribution in [0, 0.1) is 0 Å². The molecule has 2 aromatic rings. The first-order valence-electron chi connectivity index (χ1n) is 6.42. The van der Waals surface area contributed by atoms with Crippen molar-refractivity contribution in [3.63, 3.8) is 0 Å². The first kappa shape index (κ1) is 13.3. The lowest BCUT2D eigenvalue weighted by molar-refractivity contribution is 0.415. The second kappa shape index (κ2) is 5.65. The number of nitrogens with zero attached hydrogens (tertiary/aromatic N) is 1. The van der Waals surface area contributed by atoms with Crippen molar-refractivity contribution >= 4 is 17.1 Å². The molecule has 0 amide bonds. The summed E-state index contributed by atoms with van der Waals surface area (Å²) >= 11 is 0. The highest BCUT2D eigenvalue weighted by Gasteiger charge is 2.10. The summed E-state index contributed by atoms with van der Waals surface area (Å²) in [6.07, 6.45) is 1.01. The van der Waals surface area contributed by atoms with Crippen molar-refractivity contribution in [3.05, 3.63) is 48.0 Å². The Morgan fingerprint density at radius 2 is 1.79 bits per heavy atom. The fraction of sp³-hybridized carbons (Fsp3) is 0.250. The van der Waals surface area contributed by atoms with Crippen LogP contribution >= 0.6 is 0 Å². The Balaban J connectivity index is 2.41. The van der Waals surface area contributed by atoms with E-state index in [0.717, 1.165) is 29.2 Å². The molecule has 0 saturated heterocycles. The lowest BCUT2D eigenvalue weighted by Gasteiger charge is -2.22. The van der Waals surface area contributed by atoms with E-state index in [9.17, 15) is 0 Å². The van der Waals surface area contributed by atoms with Gasteiger partial charge < -0.3 is 15.4 Å². The number of nitrogen functional groups attached to an aromatic ring is 1. The number of aryl methyl sites for hydroxylation is 1. The van der Waals surface area contributed by atoms with Crippen molar-refractivity contribution < 1.29 is 4.74 Å². The lowest BCUT2D eigenvalue weighted by Crippen LogP contribution is -2.11. The zero-order valence-corrected chi connectivity index (χ0v) is 11.7. The largest absolute Gasteiger partial charge is 0.495 e. The molecule has 0 atom stereocenters. The molecule has 0 heterocycles. The molecule has 0 aromatic heterocycles. The van der Waals surface area contributed by atoms with E-state index < -0.39 is 0 Å². The van der Waals surface area contributed by atoms with E-state index in [1.54, 1.807) is 7.11 Å². The molecule has 19 heavy (non-hydrogen) atoms. The third-order valence-corrected chi connectivity index (χ3v) is 3.29. The maximum atomic E-state index is 5.72. The fourth-order valence-corrected chi connectivity index (χ4v) is 2.05. The minimum Gasteiger partial charge on any atom is -0.495 e. The molecule has 0 aliphatic carbocycles. The van der Waals surface area contributed by atoms with E-state index in [1.165, 1.54) is 5.56 Å². The van der Waals surface area contributed by atoms with Crippen LogP contribution in [0.1, 0.15) is 12.5 Å². The fourth-order valence-electron chi connectivity index (χ4n) is 2.05. The van der Waals surface area contributed by atoms with Crippen molar-refractivity contribution in [2.45, 2.75) is 13.3 Å². The molecule has 0 aliphatic heterocycles. The highest BCUT2D eigenvalue weighted by molar-refractivity contribution is 5.70. The molecule has 2 aromatic carbocycles. The van der Waals surface area contributed by atoms with E-state index in [4.69, 9.17) is 10.5 Å². The molecule has 3 nitrogen and oxygen atoms in total. The van der Waals surface area contributed by atoms with Crippen LogP contribution in [0.5, 0.6) is 5.75 Å². The minimum atomic E-state index is 0.770. The van der Waals surface area contributed by atoms with Gasteiger partial charge in [-0.1, -0.05) is 13.0 Å². The number of anilines is 3. The molecule has 0 fully saturated rings. The van der Waals surface area contributed by atoms with Crippen LogP contribution in [0.3, 0.4) is 0 Å². The predicted molar refractivity (Wildman–Crippen MR) is 81.3 cm³/mol. The molecule has 3 heteroatoms. The highest BCUT2D eigenvalue weighted by Crippen LogP contribution is 2.33. The van der Waals surface area contributed by atoms with Crippen molar-refractivity contribution in [1.29, 1.82) is 0 Å². The molecular weight excluding hydrogens is 236 g/mol. The molecule has 2 N–H and O–H groups in total. The summed E-state index contributed by atoms with van der Waals surface area (Å²) in [4.78, 5) is 2.11. The number of ether oxygens (including phenoxy) is 1. The number of hydrogen-bond acceptors (Lipinski definition) is 3. The van der Waals surface area contributed by atoms with Crippen LogP contribution in [0.25, 0.3) is 0 Å². The van der Waals surface area contributed by atoms with E-state index in [1.807, 2.05) is 37.4 Å². The molecular formula is C16H20N2O. The van der Waals surface area contributed by atoms with Gasteiger partial charge in [-0.05, 0) is 48.4 Å². The summed E-state index contributed by atoms with van der Waals surface area (Å²) in [6.45, 7) is 2.15. The Kier molecular flexibility index (Phi) is 3.95. The second-order valence-electron chi connectivity index (χ2n) is 4.51. The van der Waals surface area contributed by atoms with E-state index in [2.05, 4.69) is 24.0 Å². The zero-order valence-electron chi connectivity index (χ0n) is 11.7. The van der Waals surface area contributed by atoms with Crippen LogP contribution in [-0.2, 0) is 6.42 Å². The smallest absolute Gasteiger partial charge is 0.142 e. The summed E-state index contributed by atoms with van der Waals surface area (Å²) < 4.78 is 5.44. The standard InChI is InChI=1S/C16H20N2O/c1-4-12-5-10-16(19-3)15(11-12)18(2)14-8-6-13(17)7-9-14/h5-11H,4,17H2,1-3H3. The van der Waals surface area contributed by atoms with Crippen molar-refractivity contribution in [3.8, 4) is 5.75 Å². The van der Waals surface area contributed by atoms with Crippen LogP contribution in [0.15, 0.2) is 42.5 Å². The summed E-state index contributed by atoms with van der Waals surface area (Å²) in [5, 5.41) is 0. The van der Waals surface area contributed by atoms with Crippen LogP contribution in [0.2, 0.25) is 0 Å². The Morgan fingerprint density at radius 3 is 2.37 bits per heavy atom. The number of nitrogens with two attached hydrogens (primary N) is 1. The van der Waals surface area contributed by atoms with Gasteiger partial charge in [0, 0.05) is 18.4 Å². The monoisotopic (exact) mass is 256 g/mol. The van der Waals surface area contributed by atoms with E-state index in [-0.39, 0.29) is 0 Å². The van der Waals surface area contributed by atoms with E-state index in [0.29, 0.717) is 0 Å². The average Bonchev–Trinajstić information content (AvgIpc) is 2.46. The lowest BCUT2D eigenvalue weighted by atomic mass is 10.1. The number of methoxy groups -OCH3 is 1. The van der Waals surface area contributed by atoms with Gasteiger partial charge in [-0.2, -0.15) is 0 Å². The Labute approximate surface area is 114 Å². The maximum absolute atomic E-state index is 5.72. The number of hydrogen-bond donors (Lipinski definition) is 1. The number of rotatable bonds is 4. The summed E-state index contributed by atoms with van der Waals surface area (Å²) in [5.41, 5.74) is 9.93. The van der Waals surface area contributed by atoms with Gasteiger partial charge in [-0.3, -0.25) is 0 Å². The second-order valence-corrected chi connectivity index (χ2v) is 4.51. The maximum Gasteiger partial charge on any atom is 0.142 e. The van der Waals surface area contributed by atoms with E-state index >= 15 is 0 Å². The van der Waals surface area contributed by atoms with Gasteiger partial charge in [-0.15, -0.1) is 0 Å². The van der Waals surface area contributed by atoms with Gasteiger partial charge in [0.05, 0.1) is 12.8 Å². The van der Waals surface area contributed by atoms with Gasteiger partial charge in [-0.25, -0.2) is 0 Å². The molecule has 0 aliphatic rings. The van der Waals surface area contributed by atoms with Gasteiger partial charge in [0.2, 0.25) is 0 Å². The van der Waals surface area contributed by atoms with Gasteiger partial charge in [0.25, 0.3) is 0 Å². The van der Waals surface area contributed by atoms with Crippen molar-refractivity contribution in [1.82, 2.24) is 0 Å². The molecule has 0 radical (unpaired) electrons. The average molecular weight is 256 g/mol. The minimum absolute atomic E-state index is 0.770. The summed E-state index contributed by atoms with van der Waals surface area (Å²) in [6, 6.07) is 14.1. The molecule has 0 unspecified atom stereocenters. The van der Waals surface area contributed by atoms with Crippen molar-refractivity contribution in [2.75, 3.05) is 24.8 Å². The highest BCUT2D eigenvalue weighted by atomic mass is 16.5.